The molecule has 1 fully saturated rings. The molecule has 0 radical (unpaired) electrons. The minimum Gasteiger partial charge on any atom is -0.478 e. The van der Waals surface area contributed by atoms with Crippen molar-refractivity contribution in [2.24, 2.45) is 0 Å². The Hall–Kier alpha value is -1.36. The zero-order valence-electron chi connectivity index (χ0n) is 10.7. The Morgan fingerprint density at radius 3 is 3.06 bits per heavy atom. The molecule has 1 N–H and O–H groups in total. The number of ether oxygens (including phenoxy) is 1. The Bertz CT molecular complexity index is 383. The molecule has 0 spiro atoms. The largest absolute Gasteiger partial charge is 0.478 e. The first kappa shape index (κ1) is 12.1. The van der Waals surface area contributed by atoms with Gasteiger partial charge in [0.05, 0.1) is 6.61 Å². The Balaban J connectivity index is 2.18. The predicted octanol–water partition coefficient (Wildman–Crippen LogP) is 0.982. The fourth-order valence-corrected chi connectivity index (χ4v) is 2.05. The lowest BCUT2D eigenvalue weighted by atomic mass is 10.2. The lowest BCUT2D eigenvalue weighted by Gasteiger charge is -2.32. The summed E-state index contributed by atoms with van der Waals surface area (Å²) in [6.07, 6.45) is 0. The average Bonchev–Trinajstić information content (AvgIpc) is 2.28. The smallest absolute Gasteiger partial charge is 0.218 e. The molecule has 5 heteroatoms. The van der Waals surface area contributed by atoms with Crippen molar-refractivity contribution in [1.29, 1.82) is 0 Å². The fourth-order valence-electron chi connectivity index (χ4n) is 2.05. The van der Waals surface area contributed by atoms with E-state index in [-0.39, 0.29) is 0 Å². The molecule has 5 nitrogen and oxygen atoms in total. The summed E-state index contributed by atoms with van der Waals surface area (Å²) in [7, 11) is 0. The van der Waals surface area contributed by atoms with E-state index in [1.54, 1.807) is 0 Å². The van der Waals surface area contributed by atoms with E-state index < -0.39 is 0 Å². The van der Waals surface area contributed by atoms with Gasteiger partial charge in [-0.15, -0.1) is 0 Å². The lowest BCUT2D eigenvalue weighted by molar-refractivity contribution is 0.325. The molecule has 1 aliphatic rings. The molecule has 0 unspecified atom stereocenters. The van der Waals surface area contributed by atoms with Crippen LogP contribution in [0.4, 0.5) is 5.82 Å². The van der Waals surface area contributed by atoms with Crippen LogP contribution in [0, 0.1) is 6.92 Å². The number of aromatic nitrogens is 2. The molecule has 0 amide bonds. The molecule has 1 saturated heterocycles. The quantitative estimate of drug-likeness (QED) is 0.848. The highest BCUT2D eigenvalue weighted by Gasteiger charge is 2.18. The van der Waals surface area contributed by atoms with E-state index in [1.807, 2.05) is 19.9 Å². The van der Waals surface area contributed by atoms with Gasteiger partial charge in [0, 0.05) is 31.7 Å². The number of rotatable bonds is 3. The van der Waals surface area contributed by atoms with Crippen LogP contribution in [0.5, 0.6) is 5.88 Å². The van der Waals surface area contributed by atoms with Crippen LogP contribution in [0.3, 0.4) is 0 Å². The summed E-state index contributed by atoms with van der Waals surface area (Å²) in [4.78, 5) is 11.0. The van der Waals surface area contributed by atoms with E-state index in [9.17, 15) is 0 Å². The highest BCUT2D eigenvalue weighted by molar-refractivity contribution is 5.42. The van der Waals surface area contributed by atoms with Gasteiger partial charge < -0.3 is 15.0 Å². The van der Waals surface area contributed by atoms with Gasteiger partial charge in [-0.1, -0.05) is 0 Å². The summed E-state index contributed by atoms with van der Waals surface area (Å²) in [5.74, 6) is 2.40. The van der Waals surface area contributed by atoms with Crippen LogP contribution in [0.2, 0.25) is 0 Å². The third-order valence-electron chi connectivity index (χ3n) is 2.79. The summed E-state index contributed by atoms with van der Waals surface area (Å²) < 4.78 is 5.45. The minimum absolute atomic E-state index is 0.495. The normalized spacial score (nSPS) is 20.4. The highest BCUT2D eigenvalue weighted by Crippen LogP contribution is 2.18. The van der Waals surface area contributed by atoms with Crippen molar-refractivity contribution < 1.29 is 4.74 Å². The molecule has 94 valence electrons. The third kappa shape index (κ3) is 3.06. The summed E-state index contributed by atoms with van der Waals surface area (Å²) in [6, 6.07) is 2.42. The minimum atomic E-state index is 0.495. The Morgan fingerprint density at radius 2 is 2.35 bits per heavy atom. The van der Waals surface area contributed by atoms with Crippen molar-refractivity contribution in [3.63, 3.8) is 0 Å². The molecule has 0 aliphatic carbocycles. The van der Waals surface area contributed by atoms with Gasteiger partial charge >= 0.3 is 0 Å². The maximum Gasteiger partial charge on any atom is 0.218 e. The van der Waals surface area contributed by atoms with Crippen molar-refractivity contribution in [2.45, 2.75) is 26.8 Å². The molecular weight excluding hydrogens is 216 g/mol. The van der Waals surface area contributed by atoms with Gasteiger partial charge in [-0.05, 0) is 20.8 Å². The monoisotopic (exact) mass is 236 g/mol. The Kier molecular flexibility index (Phi) is 3.78. The van der Waals surface area contributed by atoms with Crippen molar-refractivity contribution in [2.75, 3.05) is 31.1 Å². The van der Waals surface area contributed by atoms with E-state index in [4.69, 9.17) is 4.74 Å². The van der Waals surface area contributed by atoms with E-state index >= 15 is 0 Å². The van der Waals surface area contributed by atoms with Crippen LogP contribution in [0.1, 0.15) is 19.7 Å². The van der Waals surface area contributed by atoms with Gasteiger partial charge in [-0.2, -0.15) is 4.98 Å². The third-order valence-corrected chi connectivity index (χ3v) is 2.79. The number of piperazine rings is 1. The molecule has 2 rings (SSSR count). The summed E-state index contributed by atoms with van der Waals surface area (Å²) in [6.45, 7) is 9.63. The first-order chi connectivity index (χ1) is 8.19. The van der Waals surface area contributed by atoms with Crippen LogP contribution in [-0.2, 0) is 0 Å². The van der Waals surface area contributed by atoms with Crippen molar-refractivity contribution in [3.05, 3.63) is 11.9 Å². The first-order valence-corrected chi connectivity index (χ1v) is 6.16. The molecule has 0 aromatic carbocycles. The summed E-state index contributed by atoms with van der Waals surface area (Å²) in [5, 5.41) is 3.42. The zero-order valence-corrected chi connectivity index (χ0v) is 10.7. The molecule has 0 saturated carbocycles. The molecule has 1 aliphatic heterocycles. The van der Waals surface area contributed by atoms with Gasteiger partial charge in [-0.3, -0.25) is 0 Å². The second-order valence-electron chi connectivity index (χ2n) is 4.35. The molecule has 2 heterocycles. The van der Waals surface area contributed by atoms with Crippen molar-refractivity contribution in [3.8, 4) is 5.88 Å². The van der Waals surface area contributed by atoms with E-state index in [0.717, 1.165) is 31.3 Å². The second-order valence-corrected chi connectivity index (χ2v) is 4.35. The van der Waals surface area contributed by atoms with Gasteiger partial charge in [0.15, 0.2) is 0 Å². The SMILES string of the molecule is CCOc1cc(N2CCN[C@@H](C)C2)nc(C)n1. The van der Waals surface area contributed by atoms with Crippen molar-refractivity contribution >= 4 is 5.82 Å². The van der Waals surface area contributed by atoms with Crippen LogP contribution >= 0.6 is 0 Å². The van der Waals surface area contributed by atoms with Gasteiger partial charge in [0.1, 0.15) is 11.6 Å². The van der Waals surface area contributed by atoms with Crippen LogP contribution in [0.15, 0.2) is 6.07 Å². The number of hydrogen-bond donors (Lipinski definition) is 1. The highest BCUT2D eigenvalue weighted by atomic mass is 16.5. The van der Waals surface area contributed by atoms with Crippen LogP contribution in [-0.4, -0.2) is 42.3 Å². The van der Waals surface area contributed by atoms with E-state index in [0.29, 0.717) is 18.5 Å². The summed E-state index contributed by atoms with van der Waals surface area (Å²) >= 11 is 0. The topological polar surface area (TPSA) is 50.3 Å². The average molecular weight is 236 g/mol. The second kappa shape index (κ2) is 5.31. The summed E-state index contributed by atoms with van der Waals surface area (Å²) in [5.41, 5.74) is 0. The molecule has 0 bridgehead atoms. The molecule has 1 aromatic heterocycles. The Labute approximate surface area is 102 Å². The lowest BCUT2D eigenvalue weighted by Crippen LogP contribution is -2.49. The van der Waals surface area contributed by atoms with Gasteiger partial charge in [-0.25, -0.2) is 4.98 Å². The fraction of sp³-hybridized carbons (Fsp3) is 0.667. The number of aryl methyl sites for hydroxylation is 1. The van der Waals surface area contributed by atoms with Crippen LogP contribution in [0.25, 0.3) is 0 Å². The number of nitrogens with zero attached hydrogens (tertiary/aromatic N) is 3. The van der Waals surface area contributed by atoms with Gasteiger partial charge in [0.2, 0.25) is 5.88 Å². The van der Waals surface area contributed by atoms with E-state index in [1.165, 1.54) is 0 Å². The van der Waals surface area contributed by atoms with E-state index in [2.05, 4.69) is 27.1 Å². The molecule has 1 aromatic rings. The Morgan fingerprint density at radius 1 is 1.53 bits per heavy atom. The van der Waals surface area contributed by atoms with Crippen LogP contribution < -0.4 is 15.0 Å². The molecule has 17 heavy (non-hydrogen) atoms. The van der Waals surface area contributed by atoms with Gasteiger partial charge in [0.25, 0.3) is 0 Å². The zero-order chi connectivity index (χ0) is 12.3. The molecule has 1 atom stereocenters. The van der Waals surface area contributed by atoms with Crippen molar-refractivity contribution in [1.82, 2.24) is 15.3 Å². The number of nitrogens with one attached hydrogen (secondary N) is 1. The maximum absolute atomic E-state index is 5.45. The standard InChI is InChI=1S/C12H20N4O/c1-4-17-12-7-11(14-10(3)15-12)16-6-5-13-9(2)8-16/h7,9,13H,4-6,8H2,1-3H3/t9-/m0/s1. The maximum atomic E-state index is 5.45. The number of anilines is 1. The number of hydrogen-bond acceptors (Lipinski definition) is 5. The first-order valence-electron chi connectivity index (χ1n) is 6.16. The predicted molar refractivity (Wildman–Crippen MR) is 67.6 cm³/mol. The molecular formula is C12H20N4O.